The summed E-state index contributed by atoms with van der Waals surface area (Å²) in [6, 6.07) is 19.9. The number of nitrogens with zero attached hydrogens (tertiary/aromatic N) is 3. The van der Waals surface area contributed by atoms with E-state index in [1.165, 1.54) is 4.90 Å². The highest BCUT2D eigenvalue weighted by atomic mass is 16.5. The summed E-state index contributed by atoms with van der Waals surface area (Å²) < 4.78 is 7.02. The smallest absolute Gasteiger partial charge is 0.417 e. The third-order valence-corrected chi connectivity index (χ3v) is 3.40. The van der Waals surface area contributed by atoms with Crippen LogP contribution in [0.4, 0.5) is 16.3 Å². The molecular formula is C18H17N3O3. The summed E-state index contributed by atoms with van der Waals surface area (Å²) in [4.78, 5) is 13.1. The molecule has 1 amide bonds. The maximum Gasteiger partial charge on any atom is 0.417 e. The number of ether oxygens (including phenoxy) is 1. The first-order chi connectivity index (χ1) is 11.7. The number of aromatic nitrogens is 2. The van der Waals surface area contributed by atoms with E-state index in [9.17, 15) is 9.90 Å². The molecule has 3 aromatic rings. The predicted octanol–water partition coefficient (Wildman–Crippen LogP) is 4.09. The minimum atomic E-state index is -1.10. The number of carbonyl (C=O) groups is 1. The standard InChI is InChI=1S/C18H17N3O3/c1-2-24-16-13-17(21(19-16)15-11-7-4-8-12-15)20(18(22)23)14-9-5-3-6-10-14/h3-13H,2H2,1H3,(H,22,23). The van der Waals surface area contributed by atoms with Crippen LogP contribution in [0, 0.1) is 0 Å². The lowest BCUT2D eigenvalue weighted by Crippen LogP contribution is -2.26. The van der Waals surface area contributed by atoms with Crippen LogP contribution < -0.4 is 9.64 Å². The van der Waals surface area contributed by atoms with Gasteiger partial charge in [-0.15, -0.1) is 5.10 Å². The van der Waals surface area contributed by atoms with Crippen molar-refractivity contribution in [1.82, 2.24) is 9.78 Å². The molecular weight excluding hydrogens is 306 g/mol. The van der Waals surface area contributed by atoms with Gasteiger partial charge in [0.1, 0.15) is 5.82 Å². The summed E-state index contributed by atoms with van der Waals surface area (Å²) in [6.07, 6.45) is -1.10. The Morgan fingerprint density at radius 3 is 2.33 bits per heavy atom. The summed E-state index contributed by atoms with van der Waals surface area (Å²) in [5, 5.41) is 14.1. The second-order valence-corrected chi connectivity index (χ2v) is 4.97. The van der Waals surface area contributed by atoms with Gasteiger partial charge in [0.2, 0.25) is 5.88 Å². The number of hydrogen-bond donors (Lipinski definition) is 1. The summed E-state index contributed by atoms with van der Waals surface area (Å²) in [5.74, 6) is 0.766. The summed E-state index contributed by atoms with van der Waals surface area (Å²) in [7, 11) is 0. The molecule has 0 spiro atoms. The van der Waals surface area contributed by atoms with E-state index in [1.54, 1.807) is 35.0 Å². The van der Waals surface area contributed by atoms with Crippen LogP contribution in [-0.4, -0.2) is 27.6 Å². The normalized spacial score (nSPS) is 10.4. The van der Waals surface area contributed by atoms with Crippen LogP contribution >= 0.6 is 0 Å². The lowest BCUT2D eigenvalue weighted by Gasteiger charge is -2.20. The third-order valence-electron chi connectivity index (χ3n) is 3.40. The largest absolute Gasteiger partial charge is 0.477 e. The summed E-state index contributed by atoms with van der Waals surface area (Å²) in [6.45, 7) is 2.30. The van der Waals surface area contributed by atoms with Crippen LogP contribution in [0.5, 0.6) is 5.88 Å². The van der Waals surface area contributed by atoms with Gasteiger partial charge < -0.3 is 9.84 Å². The Bertz CT molecular complexity index is 816. The van der Waals surface area contributed by atoms with Gasteiger partial charge in [-0.2, -0.15) is 0 Å². The fourth-order valence-corrected chi connectivity index (χ4v) is 2.40. The van der Waals surface area contributed by atoms with Gasteiger partial charge in [-0.05, 0) is 31.2 Å². The molecule has 0 unspecified atom stereocenters. The molecule has 6 heteroatoms. The molecule has 0 radical (unpaired) electrons. The van der Waals surface area contributed by atoms with Gasteiger partial charge in [0.25, 0.3) is 0 Å². The van der Waals surface area contributed by atoms with Crippen molar-refractivity contribution in [2.45, 2.75) is 6.92 Å². The van der Waals surface area contributed by atoms with E-state index in [0.29, 0.717) is 24.0 Å². The van der Waals surface area contributed by atoms with Crippen LogP contribution in [0.2, 0.25) is 0 Å². The first-order valence-corrected chi connectivity index (χ1v) is 7.57. The van der Waals surface area contributed by atoms with E-state index >= 15 is 0 Å². The molecule has 1 aromatic heterocycles. The first-order valence-electron chi connectivity index (χ1n) is 7.57. The average molecular weight is 323 g/mol. The number of hydrogen-bond acceptors (Lipinski definition) is 3. The number of anilines is 2. The van der Waals surface area contributed by atoms with Crippen molar-refractivity contribution in [3.05, 3.63) is 66.7 Å². The quantitative estimate of drug-likeness (QED) is 0.768. The van der Waals surface area contributed by atoms with E-state index in [4.69, 9.17) is 4.74 Å². The second kappa shape index (κ2) is 6.87. The average Bonchev–Trinajstić information content (AvgIpc) is 3.00. The maximum atomic E-state index is 11.9. The Labute approximate surface area is 139 Å². The third kappa shape index (κ3) is 3.08. The second-order valence-electron chi connectivity index (χ2n) is 4.97. The molecule has 0 aliphatic heterocycles. The van der Waals surface area contributed by atoms with Crippen molar-refractivity contribution in [1.29, 1.82) is 0 Å². The lowest BCUT2D eigenvalue weighted by atomic mass is 10.3. The zero-order valence-electron chi connectivity index (χ0n) is 13.2. The molecule has 1 N–H and O–H groups in total. The van der Waals surface area contributed by atoms with Crippen molar-refractivity contribution in [2.75, 3.05) is 11.5 Å². The molecule has 1 heterocycles. The molecule has 0 saturated heterocycles. The van der Waals surface area contributed by atoms with Gasteiger partial charge in [-0.25, -0.2) is 14.4 Å². The number of amides is 1. The van der Waals surface area contributed by atoms with Crippen LogP contribution in [-0.2, 0) is 0 Å². The molecule has 0 aliphatic rings. The Morgan fingerprint density at radius 1 is 1.12 bits per heavy atom. The van der Waals surface area contributed by atoms with Gasteiger partial charge in [0, 0.05) is 6.07 Å². The van der Waals surface area contributed by atoms with E-state index < -0.39 is 6.09 Å². The molecule has 6 nitrogen and oxygen atoms in total. The molecule has 24 heavy (non-hydrogen) atoms. The monoisotopic (exact) mass is 323 g/mol. The minimum Gasteiger partial charge on any atom is -0.477 e. The molecule has 2 aromatic carbocycles. The van der Waals surface area contributed by atoms with Gasteiger partial charge >= 0.3 is 6.09 Å². The number of benzene rings is 2. The highest BCUT2D eigenvalue weighted by Gasteiger charge is 2.23. The molecule has 0 bridgehead atoms. The van der Waals surface area contributed by atoms with Gasteiger partial charge in [0.05, 0.1) is 18.0 Å². The van der Waals surface area contributed by atoms with E-state index in [1.807, 2.05) is 43.3 Å². The zero-order valence-corrected chi connectivity index (χ0v) is 13.2. The lowest BCUT2D eigenvalue weighted by molar-refractivity contribution is 0.204. The Balaban J connectivity index is 2.15. The minimum absolute atomic E-state index is 0.374. The molecule has 3 rings (SSSR count). The molecule has 0 saturated carbocycles. The molecule has 0 aliphatic carbocycles. The topological polar surface area (TPSA) is 67.6 Å². The van der Waals surface area contributed by atoms with Crippen LogP contribution in [0.3, 0.4) is 0 Å². The van der Waals surface area contributed by atoms with E-state index in [0.717, 1.165) is 5.69 Å². The van der Waals surface area contributed by atoms with Gasteiger partial charge in [-0.3, -0.25) is 0 Å². The Kier molecular flexibility index (Phi) is 4.47. The number of carboxylic acid groups (broad SMARTS) is 1. The van der Waals surface area contributed by atoms with Crippen molar-refractivity contribution in [3.63, 3.8) is 0 Å². The summed E-state index contributed by atoms with van der Waals surface area (Å²) >= 11 is 0. The first kappa shape index (κ1) is 15.6. The molecule has 0 fully saturated rings. The Morgan fingerprint density at radius 2 is 1.75 bits per heavy atom. The fourth-order valence-electron chi connectivity index (χ4n) is 2.40. The van der Waals surface area contributed by atoms with Crippen LogP contribution in [0.1, 0.15) is 6.92 Å². The van der Waals surface area contributed by atoms with Gasteiger partial charge in [0.15, 0.2) is 0 Å². The number of rotatable bonds is 5. The predicted molar refractivity (Wildman–Crippen MR) is 91.3 cm³/mol. The highest BCUT2D eigenvalue weighted by Crippen LogP contribution is 2.30. The van der Waals surface area contributed by atoms with Crippen molar-refractivity contribution in [3.8, 4) is 11.6 Å². The SMILES string of the molecule is CCOc1cc(N(C(=O)O)c2ccccc2)n(-c2ccccc2)n1. The highest BCUT2D eigenvalue weighted by molar-refractivity contribution is 5.94. The fraction of sp³-hybridized carbons (Fsp3) is 0.111. The van der Waals surface area contributed by atoms with Gasteiger partial charge in [-0.1, -0.05) is 36.4 Å². The van der Waals surface area contributed by atoms with Crippen molar-refractivity contribution < 1.29 is 14.6 Å². The maximum absolute atomic E-state index is 11.9. The zero-order chi connectivity index (χ0) is 16.9. The van der Waals surface area contributed by atoms with Crippen LogP contribution in [0.15, 0.2) is 66.7 Å². The van der Waals surface area contributed by atoms with Crippen molar-refractivity contribution in [2.24, 2.45) is 0 Å². The Hall–Kier alpha value is -3.28. The molecule has 122 valence electrons. The van der Waals surface area contributed by atoms with Crippen molar-refractivity contribution >= 4 is 17.6 Å². The van der Waals surface area contributed by atoms with E-state index in [-0.39, 0.29) is 0 Å². The van der Waals surface area contributed by atoms with Crippen LogP contribution in [0.25, 0.3) is 5.69 Å². The molecule has 0 atom stereocenters. The number of para-hydroxylation sites is 2. The summed E-state index contributed by atoms with van der Waals surface area (Å²) in [5.41, 5.74) is 1.28. The van der Waals surface area contributed by atoms with E-state index in [2.05, 4.69) is 5.10 Å².